The Hall–Kier alpha value is -0.827. The fourth-order valence-corrected chi connectivity index (χ4v) is 3.26. The molecule has 0 fully saturated rings. The van der Waals surface area contributed by atoms with Crippen LogP contribution in [0.25, 0.3) is 0 Å². The van der Waals surface area contributed by atoms with Crippen molar-refractivity contribution in [2.24, 2.45) is 0 Å². The van der Waals surface area contributed by atoms with Crippen LogP contribution in [0.2, 0.25) is 0 Å². The van der Waals surface area contributed by atoms with Gasteiger partial charge in [0, 0.05) is 0 Å². The van der Waals surface area contributed by atoms with Gasteiger partial charge >= 0.3 is 80.9 Å². The molecule has 1 aromatic carbocycles. The number of hydrogen-bond donors (Lipinski definition) is 1. The second kappa shape index (κ2) is 2.90. The summed E-state index contributed by atoms with van der Waals surface area (Å²) in [5, 5.41) is 8.74. The molecule has 0 aliphatic carbocycles. The Morgan fingerprint density at radius 2 is 2.25 bits per heavy atom. The number of carbonyl (C=O) groups is 1. The van der Waals surface area contributed by atoms with Crippen LogP contribution in [0.15, 0.2) is 18.2 Å². The van der Waals surface area contributed by atoms with E-state index in [4.69, 9.17) is 10.7 Å². The van der Waals surface area contributed by atoms with Gasteiger partial charge in [0.2, 0.25) is 0 Å². The molecule has 1 aliphatic rings. The maximum absolute atomic E-state index is 10.6. The fraction of sp³-hybridized carbons (Fsp3) is 0. The van der Waals surface area contributed by atoms with E-state index in [1.165, 1.54) is 6.07 Å². The van der Waals surface area contributed by atoms with Crippen LogP contribution in [0.3, 0.4) is 0 Å². The predicted octanol–water partition coefficient (Wildman–Crippen LogP) is 0.422. The van der Waals surface area contributed by atoms with Gasteiger partial charge in [-0.1, -0.05) is 0 Å². The van der Waals surface area contributed by atoms with Crippen LogP contribution in [0, 0.1) is 0 Å². The number of carboxylic acid groups (broad SMARTS) is 1. The Bertz CT molecular complexity index is 336. The number of fused-ring (bicyclic) bond motifs is 1. The summed E-state index contributed by atoms with van der Waals surface area (Å²) >= 11 is -1.48. The first-order chi connectivity index (χ1) is 5.79. The molecule has 1 aromatic rings. The number of hydrogen-bond acceptors (Lipinski definition) is 3. The molecule has 0 radical (unpaired) electrons. The Labute approximate surface area is 80.9 Å². The van der Waals surface area contributed by atoms with Gasteiger partial charge in [-0.15, -0.1) is 0 Å². The molecule has 1 aliphatic heterocycles. The quantitative estimate of drug-likeness (QED) is 0.736. The van der Waals surface area contributed by atoms with E-state index < -0.39 is 30.1 Å². The van der Waals surface area contributed by atoms with Gasteiger partial charge in [0.15, 0.2) is 0 Å². The Kier molecular flexibility index (Phi) is 1.89. The van der Waals surface area contributed by atoms with Crippen LogP contribution in [0.5, 0.6) is 11.5 Å². The second-order valence-corrected chi connectivity index (χ2v) is 4.46. The predicted molar refractivity (Wildman–Crippen MR) is 41.8 cm³/mol. The van der Waals surface area contributed by atoms with Gasteiger partial charge in [0.25, 0.3) is 0 Å². The molecule has 62 valence electrons. The molecule has 1 N–H and O–H groups in total. The molecule has 0 spiro atoms. The number of aromatic carboxylic acids is 1. The number of rotatable bonds is 1. The minimum atomic E-state index is -1.48. The van der Waals surface area contributed by atoms with Gasteiger partial charge in [-0.2, -0.15) is 0 Å². The Morgan fingerprint density at radius 3 is 3.00 bits per heavy atom. The van der Waals surface area contributed by atoms with Crippen molar-refractivity contribution >= 4 is 30.1 Å². The van der Waals surface area contributed by atoms with Crippen molar-refractivity contribution in [2.45, 2.75) is 0 Å². The summed E-state index contributed by atoms with van der Waals surface area (Å²) in [7, 11) is 0. The summed E-state index contributed by atoms with van der Waals surface area (Å²) < 4.78 is 10.4. The molecule has 2 rings (SSSR count). The van der Waals surface area contributed by atoms with E-state index in [1.807, 2.05) is 0 Å². The average molecular weight is 362 g/mol. The van der Waals surface area contributed by atoms with E-state index in [0.717, 1.165) is 0 Å². The molecular weight excluding hydrogens is 357 g/mol. The standard InChI is InChI=1S/C7H6O4.Bi.H/c8-5-3-1-2-4(6(5)9)7(10)11;;/h1-3,8-9H,(H,10,11);;/q;+2;/p-2. The summed E-state index contributed by atoms with van der Waals surface area (Å²) in [5.41, 5.74) is 0.192. The van der Waals surface area contributed by atoms with Gasteiger partial charge in [-0.05, 0) is 0 Å². The van der Waals surface area contributed by atoms with Crippen LogP contribution in [-0.2, 0) is 0 Å². The van der Waals surface area contributed by atoms with E-state index in [2.05, 4.69) is 0 Å². The summed E-state index contributed by atoms with van der Waals surface area (Å²) in [6.07, 6.45) is 0. The summed E-state index contributed by atoms with van der Waals surface area (Å²) in [5.74, 6) is 0.0208. The Morgan fingerprint density at radius 1 is 1.42 bits per heavy atom. The third-order valence-corrected chi connectivity index (χ3v) is 3.80. The topological polar surface area (TPSA) is 55.8 Å². The first kappa shape index (κ1) is 7.80. The summed E-state index contributed by atoms with van der Waals surface area (Å²) in [4.78, 5) is 10.6. The second-order valence-electron chi connectivity index (χ2n) is 2.23. The van der Waals surface area contributed by atoms with Gasteiger partial charge in [0.1, 0.15) is 0 Å². The fourth-order valence-electron chi connectivity index (χ4n) is 0.977. The molecular formula is C7H5BiO4. The monoisotopic (exact) mass is 362 g/mol. The zero-order valence-corrected chi connectivity index (χ0v) is 9.79. The SMILES string of the molecule is O=C(O)c1cccc2c1[O][BiH][O]2. The third kappa shape index (κ3) is 1.14. The van der Waals surface area contributed by atoms with E-state index in [-0.39, 0.29) is 5.56 Å². The van der Waals surface area contributed by atoms with Crippen LogP contribution in [0.4, 0.5) is 0 Å². The van der Waals surface area contributed by atoms with Crippen LogP contribution < -0.4 is 5.63 Å². The van der Waals surface area contributed by atoms with E-state index in [1.54, 1.807) is 12.1 Å². The first-order valence-corrected chi connectivity index (χ1v) is 6.41. The first-order valence-electron chi connectivity index (χ1n) is 3.24. The number of carboxylic acids is 1. The van der Waals surface area contributed by atoms with Crippen molar-refractivity contribution in [3.63, 3.8) is 0 Å². The number of benzene rings is 1. The van der Waals surface area contributed by atoms with Crippen LogP contribution in [0.1, 0.15) is 10.4 Å². The van der Waals surface area contributed by atoms with Crippen molar-refractivity contribution in [2.75, 3.05) is 0 Å². The molecule has 0 amide bonds. The third-order valence-electron chi connectivity index (χ3n) is 1.50. The number of para-hydroxylation sites is 1. The van der Waals surface area contributed by atoms with Gasteiger partial charge in [-0.3, -0.25) is 0 Å². The molecule has 1 heterocycles. The molecule has 0 atom stereocenters. The van der Waals surface area contributed by atoms with E-state index in [9.17, 15) is 4.79 Å². The van der Waals surface area contributed by atoms with Crippen molar-refractivity contribution < 1.29 is 15.5 Å². The van der Waals surface area contributed by atoms with Crippen LogP contribution in [-0.4, -0.2) is 35.2 Å². The van der Waals surface area contributed by atoms with Crippen molar-refractivity contribution in [3.05, 3.63) is 23.8 Å². The molecule has 12 heavy (non-hydrogen) atoms. The average Bonchev–Trinajstić information content (AvgIpc) is 2.49. The summed E-state index contributed by atoms with van der Waals surface area (Å²) in [6.45, 7) is 0. The van der Waals surface area contributed by atoms with Crippen LogP contribution >= 0.6 is 0 Å². The zero-order chi connectivity index (χ0) is 8.55. The molecule has 4 nitrogen and oxygen atoms in total. The van der Waals surface area contributed by atoms with Gasteiger partial charge < -0.3 is 0 Å². The van der Waals surface area contributed by atoms with Crippen molar-refractivity contribution in [1.82, 2.24) is 0 Å². The molecule has 0 unspecified atom stereocenters. The molecule has 0 aromatic heterocycles. The van der Waals surface area contributed by atoms with Crippen molar-refractivity contribution in [1.29, 1.82) is 0 Å². The molecule has 0 saturated carbocycles. The zero-order valence-electron chi connectivity index (χ0n) is 5.90. The summed E-state index contributed by atoms with van der Waals surface area (Å²) in [6, 6.07) is 4.89. The van der Waals surface area contributed by atoms with Gasteiger partial charge in [-0.25, -0.2) is 0 Å². The van der Waals surface area contributed by atoms with E-state index >= 15 is 0 Å². The Balaban J connectivity index is 2.56. The normalized spacial score (nSPS) is 13.0. The van der Waals surface area contributed by atoms with Gasteiger partial charge in [0.05, 0.1) is 0 Å². The van der Waals surface area contributed by atoms with Crippen molar-refractivity contribution in [3.8, 4) is 11.5 Å². The maximum atomic E-state index is 10.6. The minimum absolute atomic E-state index is 0.192. The molecule has 0 saturated heterocycles. The molecule has 0 bridgehead atoms. The van der Waals surface area contributed by atoms with E-state index in [0.29, 0.717) is 11.5 Å². The molecule has 5 heteroatoms.